The lowest BCUT2D eigenvalue weighted by atomic mass is 10.2. The SMILES string of the molecule is Cc1cn(C(=O)C(C)C)nn1. The lowest BCUT2D eigenvalue weighted by Crippen LogP contribution is -2.17. The van der Waals surface area contributed by atoms with Crippen molar-refractivity contribution in [3.8, 4) is 0 Å². The van der Waals surface area contributed by atoms with E-state index in [9.17, 15) is 4.79 Å². The number of carbonyl (C=O) groups is 1. The molecule has 0 unspecified atom stereocenters. The summed E-state index contributed by atoms with van der Waals surface area (Å²) in [6.07, 6.45) is 1.63. The molecule has 0 spiro atoms. The van der Waals surface area contributed by atoms with Crippen molar-refractivity contribution in [3.05, 3.63) is 11.9 Å². The van der Waals surface area contributed by atoms with Gasteiger partial charge >= 0.3 is 0 Å². The van der Waals surface area contributed by atoms with Crippen molar-refractivity contribution in [1.29, 1.82) is 0 Å². The monoisotopic (exact) mass is 153 g/mol. The van der Waals surface area contributed by atoms with Gasteiger partial charge in [0.05, 0.1) is 11.9 Å². The van der Waals surface area contributed by atoms with Gasteiger partial charge in [-0.2, -0.15) is 4.68 Å². The van der Waals surface area contributed by atoms with Gasteiger partial charge in [0, 0.05) is 5.92 Å². The molecule has 0 aliphatic carbocycles. The van der Waals surface area contributed by atoms with Crippen LogP contribution in [0.1, 0.15) is 24.3 Å². The van der Waals surface area contributed by atoms with Gasteiger partial charge in [0.1, 0.15) is 0 Å². The molecule has 0 fully saturated rings. The highest BCUT2D eigenvalue weighted by Crippen LogP contribution is 1.98. The summed E-state index contributed by atoms with van der Waals surface area (Å²) in [5.74, 6) is -0.0540. The molecular formula is C7H11N3O. The molecule has 0 saturated carbocycles. The number of nitrogens with zero attached hydrogens (tertiary/aromatic N) is 3. The molecule has 1 aromatic rings. The Hall–Kier alpha value is -1.19. The van der Waals surface area contributed by atoms with Crippen molar-refractivity contribution in [3.63, 3.8) is 0 Å². The summed E-state index contributed by atoms with van der Waals surface area (Å²) in [4.78, 5) is 11.2. The van der Waals surface area contributed by atoms with Gasteiger partial charge < -0.3 is 0 Å². The van der Waals surface area contributed by atoms with Crippen LogP contribution in [0.2, 0.25) is 0 Å². The van der Waals surface area contributed by atoms with Gasteiger partial charge in [-0.15, -0.1) is 5.10 Å². The van der Waals surface area contributed by atoms with Crippen LogP contribution in [0.4, 0.5) is 0 Å². The zero-order valence-electron chi connectivity index (χ0n) is 6.90. The minimum absolute atomic E-state index is 0.0226. The van der Waals surface area contributed by atoms with Gasteiger partial charge in [-0.25, -0.2) is 0 Å². The summed E-state index contributed by atoms with van der Waals surface area (Å²) in [6.45, 7) is 5.47. The zero-order chi connectivity index (χ0) is 8.43. The summed E-state index contributed by atoms with van der Waals surface area (Å²) in [5.41, 5.74) is 0.763. The molecule has 0 amide bonds. The Labute approximate surface area is 65.2 Å². The summed E-state index contributed by atoms with van der Waals surface area (Å²) >= 11 is 0. The maximum Gasteiger partial charge on any atom is 0.250 e. The van der Waals surface area contributed by atoms with E-state index in [0.717, 1.165) is 5.69 Å². The van der Waals surface area contributed by atoms with Gasteiger partial charge in [0.2, 0.25) is 0 Å². The predicted octanol–water partition coefficient (Wildman–Crippen LogP) is 0.883. The van der Waals surface area contributed by atoms with Crippen LogP contribution in [0.3, 0.4) is 0 Å². The van der Waals surface area contributed by atoms with Crippen LogP contribution in [0.25, 0.3) is 0 Å². The van der Waals surface area contributed by atoms with Crippen molar-refractivity contribution >= 4 is 5.91 Å². The highest BCUT2D eigenvalue weighted by molar-refractivity contribution is 5.79. The first kappa shape index (κ1) is 7.91. The van der Waals surface area contributed by atoms with Crippen molar-refractivity contribution in [2.24, 2.45) is 5.92 Å². The van der Waals surface area contributed by atoms with E-state index in [0.29, 0.717) is 0 Å². The normalized spacial score (nSPS) is 10.5. The third-order valence-electron chi connectivity index (χ3n) is 1.33. The number of carbonyl (C=O) groups excluding carboxylic acids is 1. The summed E-state index contributed by atoms with van der Waals surface area (Å²) in [5, 5.41) is 7.37. The van der Waals surface area contributed by atoms with E-state index in [1.165, 1.54) is 4.68 Å². The lowest BCUT2D eigenvalue weighted by Gasteiger charge is -2.00. The molecule has 4 heteroatoms. The molecule has 60 valence electrons. The van der Waals surface area contributed by atoms with E-state index >= 15 is 0 Å². The molecule has 0 atom stereocenters. The Morgan fingerprint density at radius 1 is 1.64 bits per heavy atom. The van der Waals surface area contributed by atoms with Crippen molar-refractivity contribution in [2.45, 2.75) is 20.8 Å². The van der Waals surface area contributed by atoms with Crippen LogP contribution in [0.5, 0.6) is 0 Å². The van der Waals surface area contributed by atoms with Crippen molar-refractivity contribution in [2.75, 3.05) is 0 Å². The van der Waals surface area contributed by atoms with Crippen LogP contribution in [0, 0.1) is 12.8 Å². The Balaban J connectivity index is 2.85. The largest absolute Gasteiger partial charge is 0.272 e. The highest BCUT2D eigenvalue weighted by Gasteiger charge is 2.10. The maximum atomic E-state index is 11.2. The number of rotatable bonds is 1. The second-order valence-electron chi connectivity index (χ2n) is 2.80. The molecule has 1 rings (SSSR count). The van der Waals surface area contributed by atoms with E-state index in [4.69, 9.17) is 0 Å². The fourth-order valence-corrected chi connectivity index (χ4v) is 0.720. The molecule has 0 N–H and O–H groups in total. The number of aryl methyl sites for hydroxylation is 1. The average Bonchev–Trinajstić information content (AvgIpc) is 2.34. The number of hydrogen-bond donors (Lipinski definition) is 0. The van der Waals surface area contributed by atoms with Gasteiger partial charge in [0.15, 0.2) is 0 Å². The Bertz CT molecular complexity index is 264. The highest BCUT2D eigenvalue weighted by atomic mass is 16.2. The topological polar surface area (TPSA) is 47.8 Å². The predicted molar refractivity (Wildman–Crippen MR) is 40.2 cm³/mol. The lowest BCUT2D eigenvalue weighted by molar-refractivity contribution is 0.0836. The van der Waals surface area contributed by atoms with Gasteiger partial charge in [0.25, 0.3) is 5.91 Å². The number of aromatic nitrogens is 3. The molecule has 4 nitrogen and oxygen atoms in total. The van der Waals surface area contributed by atoms with Crippen LogP contribution >= 0.6 is 0 Å². The Morgan fingerprint density at radius 2 is 2.27 bits per heavy atom. The first-order chi connectivity index (χ1) is 5.11. The smallest absolute Gasteiger partial charge is 0.250 e. The molecule has 0 saturated heterocycles. The third kappa shape index (κ3) is 1.63. The number of hydrogen-bond acceptors (Lipinski definition) is 3. The molecule has 0 aromatic carbocycles. The summed E-state index contributed by atoms with van der Waals surface area (Å²) in [6, 6.07) is 0. The first-order valence-corrected chi connectivity index (χ1v) is 3.54. The third-order valence-corrected chi connectivity index (χ3v) is 1.33. The second kappa shape index (κ2) is 2.82. The van der Waals surface area contributed by atoms with Crippen LogP contribution < -0.4 is 0 Å². The van der Waals surface area contributed by atoms with E-state index in [2.05, 4.69) is 10.3 Å². The van der Waals surface area contributed by atoms with E-state index in [1.54, 1.807) is 13.1 Å². The quantitative estimate of drug-likeness (QED) is 0.601. The molecule has 1 heterocycles. The second-order valence-corrected chi connectivity index (χ2v) is 2.80. The maximum absolute atomic E-state index is 11.2. The first-order valence-electron chi connectivity index (χ1n) is 3.54. The van der Waals surface area contributed by atoms with Crippen LogP contribution in [-0.2, 0) is 0 Å². The molecule has 0 aliphatic heterocycles. The van der Waals surface area contributed by atoms with Crippen molar-refractivity contribution < 1.29 is 4.79 Å². The van der Waals surface area contributed by atoms with Crippen LogP contribution in [0.15, 0.2) is 6.20 Å². The average molecular weight is 153 g/mol. The standard InChI is InChI=1S/C7H11N3O/c1-5(2)7(11)10-4-6(3)8-9-10/h4-5H,1-3H3. The molecular weight excluding hydrogens is 142 g/mol. The molecule has 0 bridgehead atoms. The molecule has 0 radical (unpaired) electrons. The van der Waals surface area contributed by atoms with Gasteiger partial charge in [-0.3, -0.25) is 4.79 Å². The Morgan fingerprint density at radius 3 is 2.64 bits per heavy atom. The molecule has 0 aliphatic rings. The van der Waals surface area contributed by atoms with E-state index in [1.807, 2.05) is 13.8 Å². The minimum Gasteiger partial charge on any atom is -0.272 e. The van der Waals surface area contributed by atoms with Crippen LogP contribution in [-0.4, -0.2) is 20.9 Å². The van der Waals surface area contributed by atoms with Gasteiger partial charge in [-0.05, 0) is 6.92 Å². The van der Waals surface area contributed by atoms with E-state index < -0.39 is 0 Å². The summed E-state index contributed by atoms with van der Waals surface area (Å²) in [7, 11) is 0. The summed E-state index contributed by atoms with van der Waals surface area (Å²) < 4.78 is 1.28. The minimum atomic E-state index is -0.0314. The zero-order valence-corrected chi connectivity index (χ0v) is 6.90. The van der Waals surface area contributed by atoms with Crippen molar-refractivity contribution in [1.82, 2.24) is 15.0 Å². The fraction of sp³-hybridized carbons (Fsp3) is 0.571. The van der Waals surface area contributed by atoms with E-state index in [-0.39, 0.29) is 11.8 Å². The fourth-order valence-electron chi connectivity index (χ4n) is 0.720. The molecule has 11 heavy (non-hydrogen) atoms. The molecule has 1 aromatic heterocycles. The van der Waals surface area contributed by atoms with Gasteiger partial charge in [-0.1, -0.05) is 19.1 Å². The Kier molecular flexibility index (Phi) is 2.03.